The number of halogens is 2. The summed E-state index contributed by atoms with van der Waals surface area (Å²) in [6.45, 7) is 6.47. The van der Waals surface area contributed by atoms with Gasteiger partial charge < -0.3 is 0 Å². The summed E-state index contributed by atoms with van der Waals surface area (Å²) in [5, 5.41) is 2.78. The van der Waals surface area contributed by atoms with Crippen LogP contribution in [-0.4, -0.2) is 0 Å². The van der Waals surface area contributed by atoms with Gasteiger partial charge in [0, 0.05) is 26.2 Å². The fraction of sp³-hybridized carbons (Fsp3) is 0.250. The Morgan fingerprint density at radius 2 is 1.53 bits per heavy atom. The smallest absolute Gasteiger partial charge is 0 e. The number of benzene rings is 1. The van der Waals surface area contributed by atoms with Gasteiger partial charge in [-0.15, -0.1) is 53.3 Å². The van der Waals surface area contributed by atoms with Crippen LogP contribution >= 0.6 is 24.8 Å². The van der Waals surface area contributed by atoms with Crippen LogP contribution in [0.15, 0.2) is 24.3 Å². The van der Waals surface area contributed by atoms with E-state index >= 15 is 0 Å². The molecule has 0 spiro atoms. The van der Waals surface area contributed by atoms with Gasteiger partial charge in [0.25, 0.3) is 0 Å². The Labute approximate surface area is 123 Å². The second-order valence-electron chi connectivity index (χ2n) is 3.62. The van der Waals surface area contributed by atoms with Crippen molar-refractivity contribution in [3.8, 4) is 0 Å². The maximum atomic E-state index is 2.25. The van der Waals surface area contributed by atoms with Gasteiger partial charge in [0.05, 0.1) is 0 Å². The molecule has 0 aromatic heterocycles. The molecule has 0 amide bonds. The number of rotatable bonds is 0. The van der Waals surface area contributed by atoms with E-state index < -0.39 is 0 Å². The van der Waals surface area contributed by atoms with Crippen LogP contribution in [0.2, 0.25) is 0 Å². The largest absolute Gasteiger partial charge is 0.165 e. The molecule has 2 aromatic carbocycles. The maximum absolute atomic E-state index is 2.25. The zero-order valence-electron chi connectivity index (χ0n) is 9.13. The number of hydrogen-bond acceptors (Lipinski definition) is 0. The second kappa shape index (κ2) is 6.79. The van der Waals surface area contributed by atoms with Crippen molar-refractivity contribution in [1.29, 1.82) is 0 Å². The van der Waals surface area contributed by atoms with E-state index in [4.69, 9.17) is 0 Å². The van der Waals surface area contributed by atoms with E-state index in [0.29, 0.717) is 0 Å². The molecule has 0 radical (unpaired) electrons. The SMILES string of the molecule is Cc1cc(C)c2cc(C)[cH-]c2c1.Cl.Cl.[Zr]. The summed E-state index contributed by atoms with van der Waals surface area (Å²) in [6.07, 6.45) is 0. The molecular formula is C12H15Cl2Zr-. The summed E-state index contributed by atoms with van der Waals surface area (Å²) in [5.41, 5.74) is 4.10. The van der Waals surface area contributed by atoms with E-state index in [2.05, 4.69) is 45.0 Å². The van der Waals surface area contributed by atoms with Crippen LogP contribution in [0.3, 0.4) is 0 Å². The van der Waals surface area contributed by atoms with Crippen molar-refractivity contribution >= 4 is 35.6 Å². The van der Waals surface area contributed by atoms with Gasteiger partial charge in [-0.2, -0.15) is 6.07 Å². The second-order valence-corrected chi connectivity index (χ2v) is 3.62. The molecular weight excluding hydrogens is 306 g/mol. The van der Waals surface area contributed by atoms with Crippen LogP contribution in [0.25, 0.3) is 10.8 Å². The van der Waals surface area contributed by atoms with Crippen LogP contribution in [0.5, 0.6) is 0 Å². The van der Waals surface area contributed by atoms with Crippen molar-refractivity contribution in [3.05, 3.63) is 41.0 Å². The summed E-state index contributed by atoms with van der Waals surface area (Å²) in [5.74, 6) is 0. The number of fused-ring (bicyclic) bond motifs is 1. The van der Waals surface area contributed by atoms with Crippen molar-refractivity contribution in [2.45, 2.75) is 20.8 Å². The number of hydrogen-bond donors (Lipinski definition) is 0. The van der Waals surface area contributed by atoms with Crippen molar-refractivity contribution < 1.29 is 26.2 Å². The first kappa shape index (κ1) is 17.7. The standard InChI is InChI=1S/C12H13.2ClH.Zr/c1-8-4-10(3)12-7-9(2)6-11(12)5-8;;;/h4-7H,1-3H3;2*1H;/q-1;;;. The molecule has 0 N–H and O–H groups in total. The van der Waals surface area contributed by atoms with E-state index in [1.165, 1.54) is 27.5 Å². The van der Waals surface area contributed by atoms with E-state index in [-0.39, 0.29) is 51.0 Å². The summed E-state index contributed by atoms with van der Waals surface area (Å²) in [7, 11) is 0. The zero-order chi connectivity index (χ0) is 8.72. The van der Waals surface area contributed by atoms with Gasteiger partial charge in [-0.25, -0.2) is 0 Å². The summed E-state index contributed by atoms with van der Waals surface area (Å²) in [4.78, 5) is 0. The molecule has 0 aliphatic heterocycles. The van der Waals surface area contributed by atoms with Crippen LogP contribution in [0.4, 0.5) is 0 Å². The molecule has 0 heterocycles. The molecule has 0 atom stereocenters. The van der Waals surface area contributed by atoms with Gasteiger partial charge >= 0.3 is 0 Å². The molecule has 0 aliphatic rings. The van der Waals surface area contributed by atoms with Crippen LogP contribution < -0.4 is 0 Å². The molecule has 3 heteroatoms. The molecule has 0 unspecified atom stereocenters. The van der Waals surface area contributed by atoms with Crippen LogP contribution in [-0.2, 0) is 26.2 Å². The minimum atomic E-state index is 0. The Morgan fingerprint density at radius 3 is 2.13 bits per heavy atom. The Morgan fingerprint density at radius 1 is 0.933 bits per heavy atom. The molecule has 2 aromatic rings. The normalized spacial score (nSPS) is 8.73. The van der Waals surface area contributed by atoms with Crippen LogP contribution in [0.1, 0.15) is 16.7 Å². The van der Waals surface area contributed by atoms with Gasteiger partial charge in [-0.05, 0) is 13.8 Å². The molecule has 0 saturated carbocycles. The average molecular weight is 321 g/mol. The molecule has 2 rings (SSSR count). The van der Waals surface area contributed by atoms with E-state index in [9.17, 15) is 0 Å². The molecule has 0 aliphatic carbocycles. The maximum Gasteiger partial charge on any atom is 0 e. The first-order valence-corrected chi connectivity index (χ1v) is 4.31. The summed E-state index contributed by atoms with van der Waals surface area (Å²) < 4.78 is 0. The van der Waals surface area contributed by atoms with Gasteiger partial charge in [0.2, 0.25) is 0 Å². The Bertz CT molecular complexity index is 432. The van der Waals surface area contributed by atoms with Crippen molar-refractivity contribution in [2.24, 2.45) is 0 Å². The van der Waals surface area contributed by atoms with Gasteiger partial charge in [-0.3, -0.25) is 0 Å². The minimum absolute atomic E-state index is 0. The Balaban J connectivity index is 0. The van der Waals surface area contributed by atoms with Crippen molar-refractivity contribution in [3.63, 3.8) is 0 Å². The Hall–Kier alpha value is 0.293. The molecule has 0 fully saturated rings. The first-order valence-electron chi connectivity index (χ1n) is 4.31. The van der Waals surface area contributed by atoms with Crippen LogP contribution in [0, 0.1) is 20.8 Å². The predicted molar refractivity (Wildman–Crippen MR) is 68.2 cm³/mol. The summed E-state index contributed by atoms with van der Waals surface area (Å²) in [6, 6.07) is 8.98. The van der Waals surface area contributed by atoms with E-state index in [1.807, 2.05) is 0 Å². The molecule has 0 bridgehead atoms. The first-order chi connectivity index (χ1) is 5.66. The van der Waals surface area contributed by atoms with E-state index in [0.717, 1.165) is 0 Å². The quantitative estimate of drug-likeness (QED) is 0.634. The monoisotopic (exact) mass is 319 g/mol. The average Bonchev–Trinajstić information content (AvgIpc) is 2.29. The van der Waals surface area contributed by atoms with Gasteiger partial charge in [-0.1, -0.05) is 24.1 Å². The van der Waals surface area contributed by atoms with E-state index in [1.54, 1.807) is 0 Å². The molecule has 82 valence electrons. The summed E-state index contributed by atoms with van der Waals surface area (Å²) >= 11 is 0. The van der Waals surface area contributed by atoms with Gasteiger partial charge in [0.1, 0.15) is 0 Å². The molecule has 0 nitrogen and oxygen atoms in total. The number of aryl methyl sites for hydroxylation is 3. The molecule has 15 heavy (non-hydrogen) atoms. The van der Waals surface area contributed by atoms with Gasteiger partial charge in [0.15, 0.2) is 0 Å². The Kier molecular flexibility index (Phi) is 8.00. The predicted octanol–water partition coefficient (Wildman–Crippen LogP) is 4.33. The third-order valence-corrected chi connectivity index (χ3v) is 2.32. The third-order valence-electron chi connectivity index (χ3n) is 2.32. The zero-order valence-corrected chi connectivity index (χ0v) is 13.2. The minimum Gasteiger partial charge on any atom is -0.165 e. The fourth-order valence-electron chi connectivity index (χ4n) is 1.84. The van der Waals surface area contributed by atoms with Crippen molar-refractivity contribution in [1.82, 2.24) is 0 Å². The fourth-order valence-corrected chi connectivity index (χ4v) is 1.84. The third kappa shape index (κ3) is 3.66. The molecule has 0 saturated heterocycles. The van der Waals surface area contributed by atoms with Crippen molar-refractivity contribution in [2.75, 3.05) is 0 Å². The topological polar surface area (TPSA) is 0 Å².